The molecule has 0 bridgehead atoms. The molecule has 0 rings (SSSR count). The Kier molecular flexibility index (Phi) is 1.12. The average molecular weight is 108 g/mol. The molecule has 0 saturated carbocycles. The molecule has 0 fully saturated rings. The van der Waals surface area contributed by atoms with Crippen LogP contribution in [0.3, 0.4) is 0 Å². The van der Waals surface area contributed by atoms with Crippen molar-refractivity contribution < 1.29 is 16.8 Å². The van der Waals surface area contributed by atoms with Gasteiger partial charge in [-0.15, -0.1) is 0 Å². The van der Waals surface area contributed by atoms with Gasteiger partial charge in [0.2, 0.25) is 0 Å². The molecule has 0 spiro atoms. The first-order chi connectivity index (χ1) is 2.00. The first-order valence-electron chi connectivity index (χ1n) is 0.756. The van der Waals surface area contributed by atoms with Crippen molar-refractivity contribution >= 4 is 8.51 Å². The summed E-state index contributed by atoms with van der Waals surface area (Å²) in [7, 11) is -6.61. The standard InChI is InChI=1S/F4HP/c1-5(2,3)4/h5H. The molecule has 0 unspecified atom stereocenters. The minimum absolute atomic E-state index is 6.61. The van der Waals surface area contributed by atoms with Gasteiger partial charge in [-0.1, -0.05) is 0 Å². The van der Waals surface area contributed by atoms with E-state index in [1.54, 1.807) is 0 Å². The summed E-state index contributed by atoms with van der Waals surface area (Å²) in [5, 5.41) is 0. The predicted octanol–water partition coefficient (Wildman–Crippen LogP) is 2.27. The van der Waals surface area contributed by atoms with Crippen LogP contribution in [-0.2, 0) is 0 Å². The van der Waals surface area contributed by atoms with Gasteiger partial charge in [-0.25, -0.2) is 0 Å². The van der Waals surface area contributed by atoms with Crippen molar-refractivity contribution in [3.63, 3.8) is 0 Å². The average Bonchev–Trinajstić information content (AvgIpc) is 0.722. The van der Waals surface area contributed by atoms with E-state index in [0.717, 1.165) is 0 Å². The van der Waals surface area contributed by atoms with E-state index in [0.29, 0.717) is 0 Å². The normalized spacial score (nSPS) is 15.2. The van der Waals surface area contributed by atoms with Crippen LogP contribution in [0.2, 0.25) is 0 Å². The SMILES string of the molecule is F[PH](F)(F)F. The van der Waals surface area contributed by atoms with Crippen molar-refractivity contribution in [2.75, 3.05) is 0 Å². The van der Waals surface area contributed by atoms with Gasteiger partial charge in [0.1, 0.15) is 0 Å². The van der Waals surface area contributed by atoms with Crippen molar-refractivity contribution in [2.24, 2.45) is 0 Å². The number of hydrogen-bond donors (Lipinski definition) is 0. The fraction of sp³-hybridized carbons (Fsp3) is 0. The van der Waals surface area contributed by atoms with Crippen LogP contribution in [0.1, 0.15) is 0 Å². The molecule has 0 aromatic carbocycles. The molecule has 0 aliphatic carbocycles. The minimum atomic E-state index is -6.61. The van der Waals surface area contributed by atoms with Crippen LogP contribution in [0.5, 0.6) is 0 Å². The van der Waals surface area contributed by atoms with Gasteiger partial charge in [0.05, 0.1) is 0 Å². The van der Waals surface area contributed by atoms with Gasteiger partial charge in [-0.3, -0.25) is 0 Å². The fourth-order valence-electron chi connectivity index (χ4n) is 0. The summed E-state index contributed by atoms with van der Waals surface area (Å²) in [6.45, 7) is 0. The van der Waals surface area contributed by atoms with Gasteiger partial charge in [-0.2, -0.15) is 0 Å². The summed E-state index contributed by atoms with van der Waals surface area (Å²) in [6.07, 6.45) is 0. The summed E-state index contributed by atoms with van der Waals surface area (Å²) >= 11 is 0. The van der Waals surface area contributed by atoms with Crippen LogP contribution in [0.15, 0.2) is 0 Å². The first-order valence-corrected chi connectivity index (χ1v) is 2.27. The van der Waals surface area contributed by atoms with Gasteiger partial charge in [-0.05, 0) is 0 Å². The topological polar surface area (TPSA) is 0 Å². The summed E-state index contributed by atoms with van der Waals surface area (Å²) in [5.41, 5.74) is 0. The second kappa shape index (κ2) is 1.09. The van der Waals surface area contributed by atoms with Crippen LogP contribution >= 0.6 is 8.51 Å². The zero-order valence-corrected chi connectivity index (χ0v) is 3.01. The molecule has 0 aliphatic heterocycles. The molecular weight excluding hydrogens is 107 g/mol. The Morgan fingerprint density at radius 2 is 0.800 bits per heavy atom. The molecular formula is HF4P. The van der Waals surface area contributed by atoms with Gasteiger partial charge in [0.25, 0.3) is 0 Å². The number of rotatable bonds is 0. The van der Waals surface area contributed by atoms with Crippen LogP contribution in [0.25, 0.3) is 0 Å². The Morgan fingerprint density at radius 1 is 0.800 bits per heavy atom. The molecule has 0 radical (unpaired) electrons. The Labute approximate surface area is 26.6 Å². The predicted molar refractivity (Wildman–Crippen MR) is 12.7 cm³/mol. The van der Waals surface area contributed by atoms with Crippen molar-refractivity contribution in [3.8, 4) is 0 Å². The monoisotopic (exact) mass is 108 g/mol. The van der Waals surface area contributed by atoms with Gasteiger partial charge in [0, 0.05) is 0 Å². The Morgan fingerprint density at radius 3 is 0.800 bits per heavy atom. The van der Waals surface area contributed by atoms with E-state index in [-0.39, 0.29) is 0 Å². The second-order valence-corrected chi connectivity index (χ2v) is 1.29. The van der Waals surface area contributed by atoms with E-state index >= 15 is 0 Å². The van der Waals surface area contributed by atoms with E-state index in [2.05, 4.69) is 0 Å². The fourth-order valence-corrected chi connectivity index (χ4v) is 0. The van der Waals surface area contributed by atoms with Crippen LogP contribution in [-0.4, -0.2) is 0 Å². The van der Waals surface area contributed by atoms with Gasteiger partial charge < -0.3 is 0 Å². The van der Waals surface area contributed by atoms with Crippen LogP contribution in [0, 0.1) is 0 Å². The van der Waals surface area contributed by atoms with E-state index in [9.17, 15) is 16.8 Å². The zero-order chi connectivity index (χ0) is 4.50. The molecule has 0 aliphatic rings. The zero-order valence-electron chi connectivity index (χ0n) is 2.01. The van der Waals surface area contributed by atoms with Crippen LogP contribution < -0.4 is 0 Å². The maximum absolute atomic E-state index is 9.83. The molecule has 5 heteroatoms. The molecule has 0 aromatic heterocycles. The maximum atomic E-state index is 9.83. The Balaban J connectivity index is 3.02. The number of halogens is 4. The third-order valence-electron chi connectivity index (χ3n) is 0. The molecule has 0 saturated heterocycles. The summed E-state index contributed by atoms with van der Waals surface area (Å²) in [6, 6.07) is 0. The second-order valence-electron chi connectivity index (χ2n) is 0.429. The molecule has 0 nitrogen and oxygen atoms in total. The Hall–Kier alpha value is 0.150. The quantitative estimate of drug-likeness (QED) is 0.329. The molecule has 5 heavy (non-hydrogen) atoms. The third-order valence-corrected chi connectivity index (χ3v) is 0. The van der Waals surface area contributed by atoms with Crippen molar-refractivity contribution in [3.05, 3.63) is 0 Å². The van der Waals surface area contributed by atoms with E-state index in [4.69, 9.17) is 0 Å². The molecule has 34 valence electrons. The van der Waals surface area contributed by atoms with Gasteiger partial charge in [0.15, 0.2) is 0 Å². The van der Waals surface area contributed by atoms with Gasteiger partial charge >= 0.3 is 25.3 Å². The molecule has 0 amide bonds. The molecule has 0 atom stereocenters. The number of hydrogen-bond acceptors (Lipinski definition) is 0. The van der Waals surface area contributed by atoms with Crippen molar-refractivity contribution in [1.29, 1.82) is 0 Å². The third kappa shape index (κ3) is 853. The first kappa shape index (κ1) is 5.15. The molecule has 0 aromatic rings. The van der Waals surface area contributed by atoms with Crippen molar-refractivity contribution in [2.45, 2.75) is 0 Å². The van der Waals surface area contributed by atoms with E-state index in [1.165, 1.54) is 0 Å². The van der Waals surface area contributed by atoms with Crippen molar-refractivity contribution in [1.82, 2.24) is 0 Å². The summed E-state index contributed by atoms with van der Waals surface area (Å²) in [5.74, 6) is 0. The Bertz CT molecular complexity index is 19.1. The summed E-state index contributed by atoms with van der Waals surface area (Å²) in [4.78, 5) is 0. The van der Waals surface area contributed by atoms with E-state index < -0.39 is 8.51 Å². The van der Waals surface area contributed by atoms with Crippen LogP contribution in [0.4, 0.5) is 16.8 Å². The molecule has 0 heterocycles. The van der Waals surface area contributed by atoms with E-state index in [1.807, 2.05) is 0 Å². The molecule has 0 N–H and O–H groups in total. The summed E-state index contributed by atoms with van der Waals surface area (Å²) < 4.78 is 39.3.